The number of nitrogens with one attached hydrogen (secondary N) is 2. The standard InChI is InChI=1S/C16H30N4O3/c1-19-9-11-20(12-10-19)14(21)3-6-18-15(22)16(13-23-2)4-7-17-8-5-16/h17H,3-13H2,1-2H3,(H,18,22). The third kappa shape index (κ3) is 4.89. The predicted molar refractivity (Wildman–Crippen MR) is 88.1 cm³/mol. The van der Waals surface area contributed by atoms with E-state index < -0.39 is 5.41 Å². The fraction of sp³-hybridized carbons (Fsp3) is 0.875. The van der Waals surface area contributed by atoms with Crippen molar-refractivity contribution >= 4 is 11.8 Å². The van der Waals surface area contributed by atoms with E-state index in [0.717, 1.165) is 52.1 Å². The van der Waals surface area contributed by atoms with E-state index >= 15 is 0 Å². The summed E-state index contributed by atoms with van der Waals surface area (Å²) in [6, 6.07) is 0. The number of amides is 2. The van der Waals surface area contributed by atoms with Gasteiger partial charge in [-0.2, -0.15) is 0 Å². The second-order valence-corrected chi connectivity index (χ2v) is 6.65. The average molecular weight is 326 g/mol. The first-order valence-corrected chi connectivity index (χ1v) is 8.52. The molecule has 2 fully saturated rings. The Morgan fingerprint density at radius 2 is 1.83 bits per heavy atom. The van der Waals surface area contributed by atoms with Crippen molar-refractivity contribution < 1.29 is 14.3 Å². The Hall–Kier alpha value is -1.18. The molecule has 0 saturated carbocycles. The van der Waals surface area contributed by atoms with Crippen LogP contribution in [-0.2, 0) is 14.3 Å². The van der Waals surface area contributed by atoms with Crippen molar-refractivity contribution in [3.05, 3.63) is 0 Å². The molecule has 2 rings (SSSR count). The van der Waals surface area contributed by atoms with Gasteiger partial charge in [-0.05, 0) is 33.0 Å². The summed E-state index contributed by atoms with van der Waals surface area (Å²) in [5, 5.41) is 6.23. The van der Waals surface area contributed by atoms with E-state index in [4.69, 9.17) is 4.74 Å². The SMILES string of the molecule is COCC1(C(=O)NCCC(=O)N2CCN(C)CC2)CCNCC1. The summed E-state index contributed by atoms with van der Waals surface area (Å²) in [7, 11) is 3.70. The van der Waals surface area contributed by atoms with Crippen LogP contribution < -0.4 is 10.6 Å². The fourth-order valence-corrected chi connectivity index (χ4v) is 3.30. The van der Waals surface area contributed by atoms with Crippen molar-refractivity contribution in [2.45, 2.75) is 19.3 Å². The highest BCUT2D eigenvalue weighted by Gasteiger charge is 2.39. The number of ether oxygens (including phenoxy) is 1. The normalized spacial score (nSPS) is 21.9. The molecule has 2 aliphatic heterocycles. The minimum Gasteiger partial charge on any atom is -0.384 e. The molecular formula is C16H30N4O3. The van der Waals surface area contributed by atoms with E-state index in [2.05, 4.69) is 22.6 Å². The Morgan fingerprint density at radius 3 is 2.43 bits per heavy atom. The summed E-state index contributed by atoms with van der Waals surface area (Å²) < 4.78 is 5.27. The van der Waals surface area contributed by atoms with Crippen LogP contribution in [0, 0.1) is 5.41 Å². The highest BCUT2D eigenvalue weighted by atomic mass is 16.5. The Kier molecular flexibility index (Phi) is 6.80. The number of nitrogens with zero attached hydrogens (tertiary/aromatic N) is 2. The maximum atomic E-state index is 12.6. The fourth-order valence-electron chi connectivity index (χ4n) is 3.30. The first-order valence-electron chi connectivity index (χ1n) is 8.52. The minimum absolute atomic E-state index is 0.0204. The van der Waals surface area contributed by atoms with Crippen molar-refractivity contribution in [2.75, 3.05) is 66.6 Å². The monoisotopic (exact) mass is 326 g/mol. The highest BCUT2D eigenvalue weighted by molar-refractivity contribution is 5.84. The number of methoxy groups -OCH3 is 1. The zero-order chi connectivity index (χ0) is 16.7. The number of carbonyl (C=O) groups is 2. The topological polar surface area (TPSA) is 73.9 Å². The van der Waals surface area contributed by atoms with Crippen LogP contribution in [0.2, 0.25) is 0 Å². The van der Waals surface area contributed by atoms with E-state index in [1.807, 2.05) is 4.90 Å². The van der Waals surface area contributed by atoms with Gasteiger partial charge in [0.05, 0.1) is 12.0 Å². The number of hydrogen-bond acceptors (Lipinski definition) is 5. The molecule has 0 radical (unpaired) electrons. The molecule has 132 valence electrons. The van der Waals surface area contributed by atoms with Gasteiger partial charge in [0.2, 0.25) is 11.8 Å². The summed E-state index contributed by atoms with van der Waals surface area (Å²) >= 11 is 0. The minimum atomic E-state index is -0.448. The summed E-state index contributed by atoms with van der Waals surface area (Å²) in [6.45, 7) is 5.90. The lowest BCUT2D eigenvalue weighted by atomic mass is 9.78. The van der Waals surface area contributed by atoms with Gasteiger partial charge in [0.1, 0.15) is 0 Å². The molecule has 2 N–H and O–H groups in total. The van der Waals surface area contributed by atoms with Gasteiger partial charge >= 0.3 is 0 Å². The van der Waals surface area contributed by atoms with Gasteiger partial charge in [0.15, 0.2) is 0 Å². The molecule has 0 spiro atoms. The van der Waals surface area contributed by atoms with Crippen molar-refractivity contribution in [3.63, 3.8) is 0 Å². The lowest BCUT2D eigenvalue weighted by Gasteiger charge is -2.35. The molecule has 2 amide bonds. The van der Waals surface area contributed by atoms with Gasteiger partial charge in [-0.25, -0.2) is 0 Å². The zero-order valence-electron chi connectivity index (χ0n) is 14.4. The second-order valence-electron chi connectivity index (χ2n) is 6.65. The molecule has 7 heteroatoms. The number of piperidine rings is 1. The molecule has 0 bridgehead atoms. The molecule has 7 nitrogen and oxygen atoms in total. The van der Waals surface area contributed by atoms with Crippen LogP contribution in [0.3, 0.4) is 0 Å². The van der Waals surface area contributed by atoms with Gasteiger partial charge in [-0.1, -0.05) is 0 Å². The molecule has 2 heterocycles. The van der Waals surface area contributed by atoms with E-state index in [9.17, 15) is 9.59 Å². The predicted octanol–water partition coefficient (Wildman–Crippen LogP) is -0.717. The molecule has 2 saturated heterocycles. The average Bonchev–Trinajstić information content (AvgIpc) is 2.56. The van der Waals surface area contributed by atoms with E-state index in [-0.39, 0.29) is 11.8 Å². The number of piperazine rings is 1. The van der Waals surface area contributed by atoms with Crippen LogP contribution in [0.5, 0.6) is 0 Å². The quantitative estimate of drug-likeness (QED) is 0.674. The molecule has 0 aliphatic carbocycles. The first-order chi connectivity index (χ1) is 11.1. The smallest absolute Gasteiger partial charge is 0.228 e. The molecule has 2 aliphatic rings. The lowest BCUT2D eigenvalue weighted by Crippen LogP contribution is -2.51. The first kappa shape index (κ1) is 18.2. The number of rotatable bonds is 6. The van der Waals surface area contributed by atoms with Crippen LogP contribution in [-0.4, -0.2) is 88.2 Å². The van der Waals surface area contributed by atoms with Crippen molar-refractivity contribution in [1.82, 2.24) is 20.4 Å². The summed E-state index contributed by atoms with van der Waals surface area (Å²) in [6.07, 6.45) is 1.93. The summed E-state index contributed by atoms with van der Waals surface area (Å²) in [5.41, 5.74) is -0.448. The summed E-state index contributed by atoms with van der Waals surface area (Å²) in [5.74, 6) is 0.150. The Labute approximate surface area is 138 Å². The molecule has 23 heavy (non-hydrogen) atoms. The molecule has 0 unspecified atom stereocenters. The van der Waals surface area contributed by atoms with Crippen molar-refractivity contribution in [2.24, 2.45) is 5.41 Å². The maximum absolute atomic E-state index is 12.6. The Balaban J connectivity index is 1.75. The molecular weight excluding hydrogens is 296 g/mol. The van der Waals surface area contributed by atoms with Gasteiger partial charge in [-0.15, -0.1) is 0 Å². The van der Waals surface area contributed by atoms with Crippen LogP contribution in [0.15, 0.2) is 0 Å². The van der Waals surface area contributed by atoms with E-state index in [1.165, 1.54) is 0 Å². The van der Waals surface area contributed by atoms with Gasteiger partial charge < -0.3 is 25.2 Å². The molecule has 0 atom stereocenters. The molecule has 0 aromatic heterocycles. The van der Waals surface area contributed by atoms with Gasteiger partial charge in [-0.3, -0.25) is 9.59 Å². The Morgan fingerprint density at radius 1 is 1.17 bits per heavy atom. The van der Waals surface area contributed by atoms with E-state index in [1.54, 1.807) is 7.11 Å². The number of carbonyl (C=O) groups excluding carboxylic acids is 2. The van der Waals surface area contributed by atoms with Crippen LogP contribution in [0.25, 0.3) is 0 Å². The second kappa shape index (κ2) is 8.61. The van der Waals surface area contributed by atoms with Crippen LogP contribution in [0.4, 0.5) is 0 Å². The Bertz CT molecular complexity index is 397. The molecule has 0 aromatic rings. The van der Waals surface area contributed by atoms with E-state index in [0.29, 0.717) is 19.6 Å². The third-order valence-electron chi connectivity index (χ3n) is 4.94. The highest BCUT2D eigenvalue weighted by Crippen LogP contribution is 2.29. The molecule has 0 aromatic carbocycles. The number of hydrogen-bond donors (Lipinski definition) is 2. The van der Waals surface area contributed by atoms with Crippen molar-refractivity contribution in [1.29, 1.82) is 0 Å². The van der Waals surface area contributed by atoms with Crippen LogP contribution in [0.1, 0.15) is 19.3 Å². The van der Waals surface area contributed by atoms with Crippen LogP contribution >= 0.6 is 0 Å². The van der Waals surface area contributed by atoms with Gasteiger partial charge in [0.25, 0.3) is 0 Å². The van der Waals surface area contributed by atoms with Gasteiger partial charge in [0, 0.05) is 46.3 Å². The lowest BCUT2D eigenvalue weighted by molar-refractivity contribution is -0.136. The number of likely N-dealkylation sites (N-methyl/N-ethyl adjacent to an activating group) is 1. The summed E-state index contributed by atoms with van der Waals surface area (Å²) in [4.78, 5) is 28.9. The zero-order valence-corrected chi connectivity index (χ0v) is 14.4. The third-order valence-corrected chi connectivity index (χ3v) is 4.94. The van der Waals surface area contributed by atoms with Crippen molar-refractivity contribution in [3.8, 4) is 0 Å². The maximum Gasteiger partial charge on any atom is 0.228 e. The largest absolute Gasteiger partial charge is 0.384 e.